The van der Waals surface area contributed by atoms with Gasteiger partial charge in [-0.2, -0.15) is 8.42 Å². The molecule has 0 bridgehead atoms. The van der Waals surface area contributed by atoms with Crippen LogP contribution in [0.3, 0.4) is 0 Å². The first kappa shape index (κ1) is 15.0. The quantitative estimate of drug-likeness (QED) is 0.791. The largest absolute Gasteiger partial charge is 0.297 e. The van der Waals surface area contributed by atoms with Crippen LogP contribution in [-0.4, -0.2) is 14.5 Å². The molecule has 0 aromatic heterocycles. The van der Waals surface area contributed by atoms with Crippen molar-refractivity contribution in [3.8, 4) is 0 Å². The molecular formula is C17H24O3S. The molecule has 0 heterocycles. The number of aryl methyl sites for hydroxylation is 1. The minimum Gasteiger partial charge on any atom is -0.263 e. The molecule has 0 radical (unpaired) electrons. The Labute approximate surface area is 127 Å². The van der Waals surface area contributed by atoms with Gasteiger partial charge in [0.15, 0.2) is 0 Å². The summed E-state index contributed by atoms with van der Waals surface area (Å²) in [7, 11) is -3.61. The number of fused-ring (bicyclic) bond motifs is 1. The zero-order chi connectivity index (χ0) is 14.9. The summed E-state index contributed by atoms with van der Waals surface area (Å²) < 4.78 is 30.2. The molecule has 0 aliphatic heterocycles. The van der Waals surface area contributed by atoms with Crippen molar-refractivity contribution in [2.45, 2.75) is 62.9 Å². The Balaban J connectivity index is 1.67. The van der Waals surface area contributed by atoms with Crippen molar-refractivity contribution >= 4 is 10.1 Å². The van der Waals surface area contributed by atoms with Gasteiger partial charge in [-0.1, -0.05) is 43.4 Å². The zero-order valence-electron chi connectivity index (χ0n) is 12.6. The molecule has 0 saturated heterocycles. The summed E-state index contributed by atoms with van der Waals surface area (Å²) in [5, 5.41) is 0. The summed E-state index contributed by atoms with van der Waals surface area (Å²) in [5.74, 6) is 1.48. The molecule has 116 valence electrons. The highest BCUT2D eigenvalue weighted by Crippen LogP contribution is 2.41. The fraction of sp³-hybridized carbons (Fsp3) is 0.647. The Morgan fingerprint density at radius 1 is 0.952 bits per heavy atom. The highest BCUT2D eigenvalue weighted by Gasteiger charge is 2.34. The number of hydrogen-bond acceptors (Lipinski definition) is 3. The van der Waals surface area contributed by atoms with Gasteiger partial charge in [0.05, 0.1) is 11.0 Å². The van der Waals surface area contributed by atoms with Gasteiger partial charge in [0.2, 0.25) is 0 Å². The monoisotopic (exact) mass is 308 g/mol. The van der Waals surface area contributed by atoms with Crippen molar-refractivity contribution in [3.63, 3.8) is 0 Å². The summed E-state index contributed by atoms with van der Waals surface area (Å²) in [4.78, 5) is 0.277. The van der Waals surface area contributed by atoms with Gasteiger partial charge in [-0.25, -0.2) is 0 Å². The molecule has 0 amide bonds. The van der Waals surface area contributed by atoms with Gasteiger partial charge in [-0.15, -0.1) is 0 Å². The van der Waals surface area contributed by atoms with Gasteiger partial charge in [-0.05, 0) is 50.2 Å². The van der Waals surface area contributed by atoms with Crippen LogP contribution in [0.1, 0.15) is 50.5 Å². The van der Waals surface area contributed by atoms with E-state index in [1.807, 2.05) is 19.1 Å². The average Bonchev–Trinajstić information content (AvgIpc) is 2.47. The Bertz CT molecular complexity index is 577. The van der Waals surface area contributed by atoms with E-state index in [2.05, 4.69) is 0 Å². The fourth-order valence-corrected chi connectivity index (χ4v) is 4.97. The van der Waals surface area contributed by atoms with Gasteiger partial charge >= 0.3 is 0 Å². The van der Waals surface area contributed by atoms with Crippen LogP contribution in [-0.2, 0) is 14.3 Å². The number of benzene rings is 1. The molecule has 2 fully saturated rings. The van der Waals surface area contributed by atoms with Crippen LogP contribution in [0.15, 0.2) is 29.2 Å². The second kappa shape index (κ2) is 6.09. The average molecular weight is 308 g/mol. The van der Waals surface area contributed by atoms with Crippen LogP contribution in [0.4, 0.5) is 0 Å². The molecular weight excluding hydrogens is 284 g/mol. The van der Waals surface area contributed by atoms with Crippen molar-refractivity contribution in [1.29, 1.82) is 0 Å². The predicted octanol–water partition coefficient (Wildman–Crippen LogP) is 4.06. The third-order valence-electron chi connectivity index (χ3n) is 5.06. The van der Waals surface area contributed by atoms with E-state index in [1.54, 1.807) is 12.1 Å². The zero-order valence-corrected chi connectivity index (χ0v) is 13.4. The summed E-state index contributed by atoms with van der Waals surface area (Å²) in [6.07, 6.45) is 7.99. The Morgan fingerprint density at radius 2 is 1.62 bits per heavy atom. The summed E-state index contributed by atoms with van der Waals surface area (Å²) in [6.45, 7) is 1.95. The molecule has 3 rings (SSSR count). The first-order valence-electron chi connectivity index (χ1n) is 8.04. The molecule has 2 aliphatic rings. The minimum atomic E-state index is -3.61. The van der Waals surface area contributed by atoms with Gasteiger partial charge in [0.25, 0.3) is 10.1 Å². The normalized spacial score (nSPS) is 29.9. The molecule has 21 heavy (non-hydrogen) atoms. The van der Waals surface area contributed by atoms with Crippen LogP contribution in [0.2, 0.25) is 0 Å². The first-order chi connectivity index (χ1) is 10.0. The van der Waals surface area contributed by atoms with E-state index in [-0.39, 0.29) is 11.0 Å². The van der Waals surface area contributed by atoms with Crippen LogP contribution in [0.25, 0.3) is 0 Å². The summed E-state index contributed by atoms with van der Waals surface area (Å²) >= 11 is 0. The lowest BCUT2D eigenvalue weighted by molar-refractivity contribution is 0.0688. The lowest BCUT2D eigenvalue weighted by Crippen LogP contribution is -2.33. The molecule has 2 aliphatic carbocycles. The second-order valence-electron chi connectivity index (χ2n) is 6.60. The van der Waals surface area contributed by atoms with Crippen LogP contribution in [0.5, 0.6) is 0 Å². The second-order valence-corrected chi connectivity index (χ2v) is 8.18. The van der Waals surface area contributed by atoms with E-state index in [0.29, 0.717) is 5.92 Å². The fourth-order valence-electron chi connectivity index (χ4n) is 3.86. The third kappa shape index (κ3) is 3.49. The Kier molecular flexibility index (Phi) is 4.36. The van der Waals surface area contributed by atoms with E-state index < -0.39 is 10.1 Å². The van der Waals surface area contributed by atoms with Gasteiger partial charge in [0, 0.05) is 0 Å². The Morgan fingerprint density at radius 3 is 2.33 bits per heavy atom. The van der Waals surface area contributed by atoms with E-state index >= 15 is 0 Å². The Hall–Kier alpha value is -0.870. The minimum absolute atomic E-state index is 0.129. The topological polar surface area (TPSA) is 43.4 Å². The van der Waals surface area contributed by atoms with Crippen molar-refractivity contribution < 1.29 is 12.6 Å². The van der Waals surface area contributed by atoms with Crippen molar-refractivity contribution in [2.24, 2.45) is 11.8 Å². The summed E-state index contributed by atoms with van der Waals surface area (Å²) in [5.41, 5.74) is 1.05. The molecule has 1 aromatic rings. The molecule has 4 heteroatoms. The van der Waals surface area contributed by atoms with Crippen LogP contribution in [0, 0.1) is 18.8 Å². The van der Waals surface area contributed by atoms with E-state index in [4.69, 9.17) is 4.18 Å². The highest BCUT2D eigenvalue weighted by molar-refractivity contribution is 7.86. The van der Waals surface area contributed by atoms with E-state index in [9.17, 15) is 8.42 Å². The number of rotatable bonds is 3. The standard InChI is InChI=1S/C17H24O3S/c1-13-6-10-17(11-7-13)21(18,19)20-16-9-8-14-4-2-3-5-15(14)12-16/h6-7,10-11,14-16H,2-5,8-9,12H2,1H3/t14-,15-,16+/m1/s1. The van der Waals surface area contributed by atoms with E-state index in [1.165, 1.54) is 25.7 Å². The first-order valence-corrected chi connectivity index (χ1v) is 9.45. The van der Waals surface area contributed by atoms with Crippen LogP contribution >= 0.6 is 0 Å². The number of hydrogen-bond donors (Lipinski definition) is 0. The molecule has 0 spiro atoms. The van der Waals surface area contributed by atoms with Crippen molar-refractivity contribution in [3.05, 3.63) is 29.8 Å². The maximum absolute atomic E-state index is 12.3. The molecule has 2 saturated carbocycles. The molecule has 3 atom stereocenters. The van der Waals surface area contributed by atoms with Gasteiger partial charge in [0.1, 0.15) is 0 Å². The maximum atomic E-state index is 12.3. The van der Waals surface area contributed by atoms with Gasteiger partial charge in [-0.3, -0.25) is 4.18 Å². The van der Waals surface area contributed by atoms with E-state index in [0.717, 1.165) is 30.7 Å². The molecule has 0 unspecified atom stereocenters. The maximum Gasteiger partial charge on any atom is 0.297 e. The highest BCUT2D eigenvalue weighted by atomic mass is 32.2. The molecule has 3 nitrogen and oxygen atoms in total. The third-order valence-corrected chi connectivity index (χ3v) is 6.44. The van der Waals surface area contributed by atoms with Crippen molar-refractivity contribution in [1.82, 2.24) is 0 Å². The summed E-state index contributed by atoms with van der Waals surface area (Å²) in [6, 6.07) is 6.90. The SMILES string of the molecule is Cc1ccc(S(=O)(=O)O[C@H]2CC[C@H]3CCCC[C@@H]3C2)cc1. The predicted molar refractivity (Wildman–Crippen MR) is 82.5 cm³/mol. The smallest absolute Gasteiger partial charge is 0.263 e. The van der Waals surface area contributed by atoms with Crippen LogP contribution < -0.4 is 0 Å². The molecule has 0 N–H and O–H groups in total. The van der Waals surface area contributed by atoms with Crippen molar-refractivity contribution in [2.75, 3.05) is 0 Å². The van der Waals surface area contributed by atoms with Gasteiger partial charge < -0.3 is 0 Å². The lowest BCUT2D eigenvalue weighted by Gasteiger charge is -2.38. The molecule has 1 aromatic carbocycles. The lowest BCUT2D eigenvalue weighted by atomic mass is 9.70.